The lowest BCUT2D eigenvalue weighted by atomic mass is 9.90. The molecule has 2 aromatic rings. The number of nitrogens with zero attached hydrogens (tertiary/aromatic N) is 2. The summed E-state index contributed by atoms with van der Waals surface area (Å²) >= 11 is 1.79. The highest BCUT2D eigenvalue weighted by atomic mass is 32.2. The van der Waals surface area contributed by atoms with Crippen molar-refractivity contribution in [1.29, 1.82) is 0 Å². The number of piperidine rings is 1. The summed E-state index contributed by atoms with van der Waals surface area (Å²) in [5.41, 5.74) is 2.39. The van der Waals surface area contributed by atoms with Crippen LogP contribution in [0.1, 0.15) is 37.7 Å². The highest BCUT2D eigenvalue weighted by molar-refractivity contribution is 7.99. The third kappa shape index (κ3) is 5.25. The summed E-state index contributed by atoms with van der Waals surface area (Å²) in [6.07, 6.45) is 5.07. The van der Waals surface area contributed by atoms with Crippen LogP contribution in [0.4, 0.5) is 5.69 Å². The fourth-order valence-corrected chi connectivity index (χ4v) is 5.42. The van der Waals surface area contributed by atoms with Gasteiger partial charge in [-0.2, -0.15) is 0 Å². The molecule has 0 atom stereocenters. The van der Waals surface area contributed by atoms with Crippen molar-refractivity contribution in [3.8, 4) is 0 Å². The zero-order valence-electron chi connectivity index (χ0n) is 17.5. The molecule has 0 N–H and O–H groups in total. The summed E-state index contributed by atoms with van der Waals surface area (Å²) in [5, 5.41) is 0. The molecule has 0 bridgehead atoms. The van der Waals surface area contributed by atoms with Gasteiger partial charge in [-0.1, -0.05) is 42.5 Å². The topological polar surface area (TPSA) is 40.6 Å². The first-order valence-corrected chi connectivity index (χ1v) is 12.0. The molecule has 0 aliphatic carbocycles. The number of benzene rings is 2. The summed E-state index contributed by atoms with van der Waals surface area (Å²) in [7, 11) is 0. The first kappa shape index (κ1) is 21.0. The maximum absolute atomic E-state index is 12.8. The van der Waals surface area contributed by atoms with Crippen molar-refractivity contribution in [2.75, 3.05) is 30.3 Å². The number of hydrogen-bond acceptors (Lipinski definition) is 3. The van der Waals surface area contributed by atoms with Crippen molar-refractivity contribution in [3.05, 3.63) is 60.2 Å². The van der Waals surface area contributed by atoms with Crippen LogP contribution in [-0.2, 0) is 16.0 Å². The Hall–Kier alpha value is -2.27. The van der Waals surface area contributed by atoms with Gasteiger partial charge in [0.1, 0.15) is 0 Å². The Morgan fingerprint density at radius 3 is 2.37 bits per heavy atom. The number of hydrogen-bond donors (Lipinski definition) is 0. The van der Waals surface area contributed by atoms with Crippen LogP contribution >= 0.6 is 11.8 Å². The number of rotatable bonds is 6. The Balaban J connectivity index is 1.20. The normalized spacial score (nSPS) is 16.9. The Labute approximate surface area is 183 Å². The van der Waals surface area contributed by atoms with Crippen LogP contribution in [0.3, 0.4) is 0 Å². The van der Waals surface area contributed by atoms with Crippen molar-refractivity contribution in [3.63, 3.8) is 0 Å². The van der Waals surface area contributed by atoms with Gasteiger partial charge < -0.3 is 9.80 Å². The molecule has 4 nitrogen and oxygen atoms in total. The molecule has 1 saturated heterocycles. The van der Waals surface area contributed by atoms with E-state index in [0.29, 0.717) is 18.8 Å². The molecule has 2 heterocycles. The number of para-hydroxylation sites is 1. The van der Waals surface area contributed by atoms with E-state index in [2.05, 4.69) is 36.4 Å². The van der Waals surface area contributed by atoms with E-state index in [1.807, 2.05) is 28.0 Å². The van der Waals surface area contributed by atoms with Gasteiger partial charge in [0, 0.05) is 43.1 Å². The summed E-state index contributed by atoms with van der Waals surface area (Å²) in [6, 6.07) is 18.7. The van der Waals surface area contributed by atoms with Gasteiger partial charge in [0.2, 0.25) is 11.8 Å². The van der Waals surface area contributed by atoms with Crippen molar-refractivity contribution >= 4 is 29.3 Å². The van der Waals surface area contributed by atoms with Gasteiger partial charge in [-0.15, -0.1) is 11.8 Å². The largest absolute Gasteiger partial charge is 0.343 e. The first-order chi connectivity index (χ1) is 14.7. The van der Waals surface area contributed by atoms with Crippen LogP contribution in [0.5, 0.6) is 0 Å². The molecule has 158 valence electrons. The smallest absolute Gasteiger partial charge is 0.227 e. The number of amides is 2. The van der Waals surface area contributed by atoms with Crippen LogP contribution < -0.4 is 4.90 Å². The Bertz CT molecular complexity index is 862. The fraction of sp³-hybridized carbons (Fsp3) is 0.440. The number of anilines is 1. The number of carbonyl (C=O) groups excluding carboxylic acids is 2. The minimum absolute atomic E-state index is 0.0637. The summed E-state index contributed by atoms with van der Waals surface area (Å²) in [4.78, 5) is 30.4. The van der Waals surface area contributed by atoms with Crippen molar-refractivity contribution in [2.24, 2.45) is 5.92 Å². The molecular formula is C25H30N2O2S. The van der Waals surface area contributed by atoms with Crippen LogP contribution in [0.2, 0.25) is 0 Å². The van der Waals surface area contributed by atoms with E-state index < -0.39 is 0 Å². The molecule has 0 radical (unpaired) electrons. The van der Waals surface area contributed by atoms with Gasteiger partial charge in [-0.25, -0.2) is 0 Å². The second-order valence-corrected chi connectivity index (χ2v) is 9.35. The zero-order chi connectivity index (χ0) is 20.8. The Morgan fingerprint density at radius 1 is 0.867 bits per heavy atom. The molecule has 0 aromatic heterocycles. The lowest BCUT2D eigenvalue weighted by molar-refractivity contribution is -0.134. The molecule has 1 fully saturated rings. The maximum Gasteiger partial charge on any atom is 0.227 e. The predicted molar refractivity (Wildman–Crippen MR) is 123 cm³/mol. The molecule has 2 aromatic carbocycles. The van der Waals surface area contributed by atoms with Gasteiger partial charge in [-0.3, -0.25) is 9.59 Å². The number of thioether (sulfide) groups is 1. The van der Waals surface area contributed by atoms with Crippen LogP contribution in [0, 0.1) is 5.92 Å². The molecular weight excluding hydrogens is 392 g/mol. The third-order valence-electron chi connectivity index (χ3n) is 6.23. The summed E-state index contributed by atoms with van der Waals surface area (Å²) in [5.74, 6) is 1.80. The van der Waals surface area contributed by atoms with E-state index >= 15 is 0 Å². The minimum Gasteiger partial charge on any atom is -0.343 e. The molecule has 0 saturated carbocycles. The van der Waals surface area contributed by atoms with E-state index in [0.717, 1.165) is 55.2 Å². The first-order valence-electron chi connectivity index (χ1n) is 11.0. The average molecular weight is 423 g/mol. The van der Waals surface area contributed by atoms with Crippen molar-refractivity contribution in [2.45, 2.75) is 43.4 Å². The molecule has 2 aliphatic heterocycles. The SMILES string of the molecule is O=C(CCC(=O)N1CCSc2ccccc21)N1CCC(CCc2ccccc2)CC1. The second kappa shape index (κ2) is 10.2. The number of carbonyl (C=O) groups is 2. The summed E-state index contributed by atoms with van der Waals surface area (Å²) < 4.78 is 0. The molecule has 2 aliphatic rings. The lowest BCUT2D eigenvalue weighted by Crippen LogP contribution is -2.40. The van der Waals surface area contributed by atoms with Crippen molar-refractivity contribution in [1.82, 2.24) is 4.90 Å². The minimum atomic E-state index is 0.0637. The molecule has 30 heavy (non-hydrogen) atoms. The highest BCUT2D eigenvalue weighted by Gasteiger charge is 2.26. The number of likely N-dealkylation sites (tertiary alicyclic amines) is 1. The maximum atomic E-state index is 12.8. The molecule has 5 heteroatoms. The van der Waals surface area contributed by atoms with E-state index in [9.17, 15) is 9.59 Å². The van der Waals surface area contributed by atoms with Gasteiger partial charge in [0.05, 0.1) is 5.69 Å². The zero-order valence-corrected chi connectivity index (χ0v) is 18.3. The Morgan fingerprint density at radius 2 is 1.57 bits per heavy atom. The summed E-state index contributed by atoms with van der Waals surface area (Å²) in [6.45, 7) is 2.38. The second-order valence-electron chi connectivity index (χ2n) is 8.21. The highest BCUT2D eigenvalue weighted by Crippen LogP contribution is 2.34. The van der Waals surface area contributed by atoms with Crippen LogP contribution in [-0.4, -0.2) is 42.1 Å². The average Bonchev–Trinajstić information content (AvgIpc) is 2.81. The van der Waals surface area contributed by atoms with Gasteiger partial charge in [0.15, 0.2) is 0 Å². The quantitative estimate of drug-likeness (QED) is 0.673. The van der Waals surface area contributed by atoms with E-state index in [1.54, 1.807) is 11.8 Å². The molecule has 4 rings (SSSR count). The van der Waals surface area contributed by atoms with Gasteiger partial charge in [-0.05, 0) is 49.3 Å². The van der Waals surface area contributed by atoms with Gasteiger partial charge >= 0.3 is 0 Å². The van der Waals surface area contributed by atoms with E-state index in [1.165, 1.54) is 12.0 Å². The molecule has 2 amide bonds. The molecule has 0 unspecified atom stereocenters. The monoisotopic (exact) mass is 422 g/mol. The fourth-order valence-electron chi connectivity index (χ4n) is 4.42. The van der Waals surface area contributed by atoms with E-state index in [4.69, 9.17) is 0 Å². The number of aryl methyl sites for hydroxylation is 1. The van der Waals surface area contributed by atoms with Crippen LogP contribution in [0.15, 0.2) is 59.5 Å². The van der Waals surface area contributed by atoms with Gasteiger partial charge in [0.25, 0.3) is 0 Å². The van der Waals surface area contributed by atoms with Crippen molar-refractivity contribution < 1.29 is 9.59 Å². The Kier molecular flexibility index (Phi) is 7.11. The standard InChI is InChI=1S/C25H30N2O2S/c28-24(12-13-25(29)27-18-19-30-23-9-5-4-8-22(23)27)26-16-14-21(15-17-26)11-10-20-6-2-1-3-7-20/h1-9,21H,10-19H2. The third-order valence-corrected chi connectivity index (χ3v) is 7.28. The molecule has 0 spiro atoms. The number of fused-ring (bicyclic) bond motifs is 1. The van der Waals surface area contributed by atoms with E-state index in [-0.39, 0.29) is 11.8 Å². The predicted octanol–water partition coefficient (Wildman–Crippen LogP) is 4.78. The van der Waals surface area contributed by atoms with Crippen LogP contribution in [0.25, 0.3) is 0 Å². The lowest BCUT2D eigenvalue weighted by Gasteiger charge is -2.32.